The van der Waals surface area contributed by atoms with Crippen LogP contribution < -0.4 is 14.2 Å². The van der Waals surface area contributed by atoms with Crippen molar-refractivity contribution in [1.29, 1.82) is 0 Å². The number of non-ortho nitro benzene ring substituents is 1. The van der Waals surface area contributed by atoms with Gasteiger partial charge in [-0.3, -0.25) is 14.9 Å². The quantitative estimate of drug-likeness (QED) is 0.114. The minimum absolute atomic E-state index is 0.0599. The average Bonchev–Trinajstić information content (AvgIpc) is 3.18. The molecule has 0 aromatic heterocycles. The van der Waals surface area contributed by atoms with Crippen molar-refractivity contribution in [2.45, 2.75) is 4.90 Å². The molecule has 1 fully saturated rings. The smallest absolute Gasteiger partial charge is 0.339 e. The number of nitrogens with zero attached hydrogens (tertiary/aromatic N) is 2. The summed E-state index contributed by atoms with van der Waals surface area (Å²) in [5, 5.41) is 14.4. The number of rotatable bonds is 7. The van der Waals surface area contributed by atoms with E-state index < -0.39 is 15.0 Å². The highest BCUT2D eigenvalue weighted by molar-refractivity contribution is 14.1. The van der Waals surface area contributed by atoms with Crippen molar-refractivity contribution < 1.29 is 27.1 Å². The fraction of sp³-hybridized carbons (Fsp3) is 0.0435. The van der Waals surface area contributed by atoms with Crippen LogP contribution in [-0.2, 0) is 14.9 Å². The van der Waals surface area contributed by atoms with Crippen LogP contribution in [-0.4, -0.2) is 31.5 Å². The topological polar surface area (TPSA) is 137 Å². The van der Waals surface area contributed by atoms with E-state index >= 15 is 0 Å². The van der Waals surface area contributed by atoms with Gasteiger partial charge in [0.05, 0.1) is 26.2 Å². The fourth-order valence-electron chi connectivity index (χ4n) is 3.09. The summed E-state index contributed by atoms with van der Waals surface area (Å²) in [5.41, 5.74) is 0.893. The number of amidine groups is 1. The molecule has 0 radical (unpaired) electrons. The predicted octanol–water partition coefficient (Wildman–Crippen LogP) is 5.52. The molecular weight excluding hydrogens is 657 g/mol. The van der Waals surface area contributed by atoms with Gasteiger partial charge in [-0.1, -0.05) is 17.7 Å². The molecule has 1 heterocycles. The van der Waals surface area contributed by atoms with Crippen LogP contribution in [0, 0.1) is 13.7 Å². The van der Waals surface area contributed by atoms with Crippen molar-refractivity contribution in [2.24, 2.45) is 4.99 Å². The highest BCUT2D eigenvalue weighted by Gasteiger charge is 2.26. The van der Waals surface area contributed by atoms with E-state index in [1.54, 1.807) is 36.4 Å². The normalized spacial score (nSPS) is 15.6. The zero-order chi connectivity index (χ0) is 26.7. The molecule has 3 aromatic rings. The average molecular weight is 672 g/mol. The lowest BCUT2D eigenvalue weighted by atomic mass is 10.2. The molecule has 14 heteroatoms. The Balaban J connectivity index is 1.59. The Labute approximate surface area is 234 Å². The Morgan fingerprint density at radius 3 is 2.54 bits per heavy atom. The van der Waals surface area contributed by atoms with Gasteiger partial charge < -0.3 is 14.2 Å². The van der Waals surface area contributed by atoms with E-state index in [0.717, 1.165) is 36.0 Å². The number of methoxy groups -OCH3 is 1. The van der Waals surface area contributed by atoms with Crippen molar-refractivity contribution >= 4 is 84.6 Å². The summed E-state index contributed by atoms with van der Waals surface area (Å²) >= 11 is 9.01. The molecule has 0 atom stereocenters. The SMILES string of the molecule is COc1cc(/C=C2/SC(=Nc3cccc(Cl)c3)NC2=O)cc(I)c1OS(=O)(=O)c1ccc([N+](=O)[O-])cc1. The summed E-state index contributed by atoms with van der Waals surface area (Å²) in [6.45, 7) is 0. The summed E-state index contributed by atoms with van der Waals surface area (Å²) in [5.74, 6) is -0.295. The summed E-state index contributed by atoms with van der Waals surface area (Å²) in [7, 11) is -2.96. The lowest BCUT2D eigenvalue weighted by Crippen LogP contribution is -2.19. The number of carbonyl (C=O) groups excluding carboxylic acids is 1. The first-order chi connectivity index (χ1) is 17.6. The van der Waals surface area contributed by atoms with Crippen LogP contribution >= 0.6 is 46.0 Å². The number of nitrogens with one attached hydrogen (secondary N) is 1. The number of ether oxygens (including phenoxy) is 1. The van der Waals surface area contributed by atoms with E-state index in [9.17, 15) is 23.3 Å². The van der Waals surface area contributed by atoms with Gasteiger partial charge in [0.25, 0.3) is 11.6 Å². The number of nitro groups is 1. The molecule has 10 nitrogen and oxygen atoms in total. The van der Waals surface area contributed by atoms with Crippen molar-refractivity contribution in [3.8, 4) is 11.5 Å². The summed E-state index contributed by atoms with van der Waals surface area (Å²) in [6.07, 6.45) is 1.61. The van der Waals surface area contributed by atoms with Crippen LogP contribution in [0.25, 0.3) is 6.08 Å². The van der Waals surface area contributed by atoms with Gasteiger partial charge in [0.2, 0.25) is 0 Å². The van der Waals surface area contributed by atoms with Crippen LogP contribution in [0.15, 0.2) is 75.5 Å². The Kier molecular flexibility index (Phi) is 8.06. The van der Waals surface area contributed by atoms with Gasteiger partial charge in [0.15, 0.2) is 16.7 Å². The van der Waals surface area contributed by atoms with Crippen LogP contribution in [0.3, 0.4) is 0 Å². The van der Waals surface area contributed by atoms with Crippen LogP contribution in [0.2, 0.25) is 5.02 Å². The molecule has 0 unspecified atom stereocenters. The Morgan fingerprint density at radius 1 is 1.16 bits per heavy atom. The molecule has 0 bridgehead atoms. The number of benzene rings is 3. The first kappa shape index (κ1) is 26.9. The van der Waals surface area contributed by atoms with E-state index in [-0.39, 0.29) is 28.0 Å². The van der Waals surface area contributed by atoms with E-state index in [0.29, 0.717) is 29.9 Å². The van der Waals surface area contributed by atoms with E-state index in [4.69, 9.17) is 20.5 Å². The van der Waals surface area contributed by atoms with Gasteiger partial charge in [-0.05, 0) is 88.5 Å². The zero-order valence-corrected chi connectivity index (χ0v) is 23.2. The predicted molar refractivity (Wildman–Crippen MR) is 149 cm³/mol. The minimum Gasteiger partial charge on any atom is -0.493 e. The molecule has 0 spiro atoms. The number of nitro benzene ring substituents is 1. The van der Waals surface area contributed by atoms with E-state index in [1.165, 1.54) is 13.2 Å². The maximum absolute atomic E-state index is 12.8. The molecule has 1 amide bonds. The zero-order valence-electron chi connectivity index (χ0n) is 18.7. The fourth-order valence-corrected chi connectivity index (χ4v) is 5.96. The molecule has 3 aromatic carbocycles. The molecule has 37 heavy (non-hydrogen) atoms. The highest BCUT2D eigenvalue weighted by Crippen LogP contribution is 2.38. The molecule has 1 aliphatic heterocycles. The highest BCUT2D eigenvalue weighted by atomic mass is 127. The number of hydrogen-bond donors (Lipinski definition) is 1. The summed E-state index contributed by atoms with van der Waals surface area (Å²) in [4.78, 5) is 27.2. The molecule has 1 saturated heterocycles. The molecule has 1 N–H and O–H groups in total. The monoisotopic (exact) mass is 671 g/mol. The summed E-state index contributed by atoms with van der Waals surface area (Å²) in [6, 6.07) is 14.4. The number of halogens is 2. The second-order valence-corrected chi connectivity index (χ2v) is 11.5. The third-order valence-corrected chi connectivity index (χ3v) is 7.95. The van der Waals surface area contributed by atoms with Gasteiger partial charge >= 0.3 is 10.1 Å². The molecule has 190 valence electrons. The molecule has 1 aliphatic rings. The number of thioether (sulfide) groups is 1. The second kappa shape index (κ2) is 11.1. The van der Waals surface area contributed by atoms with Crippen LogP contribution in [0.1, 0.15) is 5.56 Å². The van der Waals surface area contributed by atoms with Gasteiger partial charge in [-0.2, -0.15) is 8.42 Å². The first-order valence-corrected chi connectivity index (χ1v) is 13.9. The molecular formula is C23H15ClIN3O7S2. The minimum atomic E-state index is -4.31. The number of aliphatic imine (C=N–C) groups is 1. The standard InChI is InChI=1S/C23H15ClIN3O7S2/c1-34-19-10-13(11-20-22(29)27-23(36-20)26-15-4-2-3-14(24)12-15)9-18(25)21(19)35-37(32,33)17-7-5-16(6-8-17)28(30)31/h2-12H,1H3,(H,26,27,29)/b20-11+. The summed E-state index contributed by atoms with van der Waals surface area (Å²) < 4.78 is 36.6. The van der Waals surface area contributed by atoms with Gasteiger partial charge in [-0.15, -0.1) is 0 Å². The third kappa shape index (κ3) is 6.41. The Hall–Kier alpha value is -3.14. The second-order valence-electron chi connectivity index (χ2n) is 7.28. The van der Waals surface area contributed by atoms with Crippen molar-refractivity contribution in [1.82, 2.24) is 5.32 Å². The third-order valence-electron chi connectivity index (χ3n) is 4.77. The van der Waals surface area contributed by atoms with Crippen molar-refractivity contribution in [3.05, 3.63) is 89.8 Å². The largest absolute Gasteiger partial charge is 0.493 e. The molecule has 4 rings (SSSR count). The number of hydrogen-bond acceptors (Lipinski definition) is 9. The molecule has 0 aliphatic carbocycles. The Bertz CT molecular complexity index is 1580. The van der Waals surface area contributed by atoms with E-state index in [1.807, 2.05) is 22.6 Å². The van der Waals surface area contributed by atoms with Crippen LogP contribution in [0.5, 0.6) is 11.5 Å². The molecule has 0 saturated carbocycles. The number of amides is 1. The van der Waals surface area contributed by atoms with Gasteiger partial charge in [0.1, 0.15) is 4.90 Å². The number of carbonyl (C=O) groups is 1. The van der Waals surface area contributed by atoms with E-state index in [2.05, 4.69) is 10.3 Å². The lowest BCUT2D eigenvalue weighted by molar-refractivity contribution is -0.384. The lowest BCUT2D eigenvalue weighted by Gasteiger charge is -2.13. The maximum atomic E-state index is 12.8. The first-order valence-electron chi connectivity index (χ1n) is 10.2. The van der Waals surface area contributed by atoms with Crippen LogP contribution in [0.4, 0.5) is 11.4 Å². The Morgan fingerprint density at radius 2 is 1.89 bits per heavy atom. The van der Waals surface area contributed by atoms with Crippen molar-refractivity contribution in [3.63, 3.8) is 0 Å². The van der Waals surface area contributed by atoms with Gasteiger partial charge in [0, 0.05) is 17.2 Å². The van der Waals surface area contributed by atoms with Crippen molar-refractivity contribution in [2.75, 3.05) is 7.11 Å². The van der Waals surface area contributed by atoms with Gasteiger partial charge in [-0.25, -0.2) is 4.99 Å². The maximum Gasteiger partial charge on any atom is 0.339 e.